The van der Waals surface area contributed by atoms with Crippen LogP contribution in [0.1, 0.15) is 12.8 Å². The molecule has 0 heterocycles. The van der Waals surface area contributed by atoms with Gasteiger partial charge in [-0.1, -0.05) is 23.7 Å². The molecule has 0 atom stereocenters. The van der Waals surface area contributed by atoms with E-state index < -0.39 is 0 Å². The van der Waals surface area contributed by atoms with Crippen molar-refractivity contribution in [2.45, 2.75) is 17.7 Å². The van der Waals surface area contributed by atoms with Gasteiger partial charge in [0.2, 0.25) is 0 Å². The summed E-state index contributed by atoms with van der Waals surface area (Å²) in [5.41, 5.74) is 0. The molecule has 1 nitrogen and oxygen atoms in total. The second-order valence-electron chi connectivity index (χ2n) is 3.09. The van der Waals surface area contributed by atoms with Gasteiger partial charge in [0, 0.05) is 4.90 Å². The number of hydrogen-bond donors (Lipinski definition) is 1. The molecule has 0 aliphatic carbocycles. The zero-order chi connectivity index (χ0) is 10.2. The van der Waals surface area contributed by atoms with Crippen LogP contribution in [0.5, 0.6) is 0 Å². The molecule has 0 aromatic heterocycles. The molecule has 78 valence electrons. The number of rotatable bonds is 6. The van der Waals surface area contributed by atoms with Crippen molar-refractivity contribution >= 4 is 23.4 Å². The largest absolute Gasteiger partial charge is 0.320 e. The van der Waals surface area contributed by atoms with Gasteiger partial charge in [0.25, 0.3) is 0 Å². The summed E-state index contributed by atoms with van der Waals surface area (Å²) in [7, 11) is 1.99. The molecule has 1 N–H and O–H groups in total. The maximum absolute atomic E-state index is 6.03. The van der Waals surface area contributed by atoms with Crippen LogP contribution in [-0.4, -0.2) is 19.3 Å². The van der Waals surface area contributed by atoms with Gasteiger partial charge in [-0.25, -0.2) is 0 Å². The van der Waals surface area contributed by atoms with Gasteiger partial charge in [-0.2, -0.15) is 0 Å². The van der Waals surface area contributed by atoms with Gasteiger partial charge in [0.15, 0.2) is 0 Å². The Hall–Kier alpha value is -0.180. The quantitative estimate of drug-likeness (QED) is 0.593. The Kier molecular flexibility index (Phi) is 6.08. The number of hydrogen-bond acceptors (Lipinski definition) is 2. The maximum atomic E-state index is 6.03. The number of halogens is 1. The number of thioether (sulfide) groups is 1. The molecule has 0 spiro atoms. The summed E-state index contributed by atoms with van der Waals surface area (Å²) in [6, 6.07) is 8.01. The first kappa shape index (κ1) is 11.9. The summed E-state index contributed by atoms with van der Waals surface area (Å²) in [5.74, 6) is 1.14. The van der Waals surface area contributed by atoms with Crippen LogP contribution in [0.3, 0.4) is 0 Å². The van der Waals surface area contributed by atoms with Gasteiger partial charge in [-0.05, 0) is 44.3 Å². The Bertz CT molecular complexity index is 265. The molecular weight excluding hydrogens is 214 g/mol. The Morgan fingerprint density at radius 2 is 2.07 bits per heavy atom. The Morgan fingerprint density at radius 1 is 1.29 bits per heavy atom. The summed E-state index contributed by atoms with van der Waals surface area (Å²) >= 11 is 7.87. The van der Waals surface area contributed by atoms with E-state index in [0.717, 1.165) is 17.3 Å². The first-order chi connectivity index (χ1) is 6.84. The molecular formula is C11H16ClNS. The summed E-state index contributed by atoms with van der Waals surface area (Å²) in [4.78, 5) is 1.19. The number of benzene rings is 1. The van der Waals surface area contributed by atoms with Crippen LogP contribution in [0.25, 0.3) is 0 Å². The predicted molar refractivity (Wildman–Crippen MR) is 65.3 cm³/mol. The topological polar surface area (TPSA) is 12.0 Å². The van der Waals surface area contributed by atoms with Crippen LogP contribution in [0.4, 0.5) is 0 Å². The molecule has 0 radical (unpaired) electrons. The second-order valence-corrected chi connectivity index (χ2v) is 4.63. The summed E-state index contributed by atoms with van der Waals surface area (Å²) in [5, 5.41) is 4.01. The van der Waals surface area contributed by atoms with E-state index in [9.17, 15) is 0 Å². The van der Waals surface area contributed by atoms with Crippen LogP contribution in [0.2, 0.25) is 5.02 Å². The van der Waals surface area contributed by atoms with Crippen molar-refractivity contribution in [3.05, 3.63) is 29.3 Å². The molecule has 14 heavy (non-hydrogen) atoms. The van der Waals surface area contributed by atoms with Gasteiger partial charge < -0.3 is 5.32 Å². The molecule has 0 unspecified atom stereocenters. The molecule has 0 fully saturated rings. The molecule has 0 bridgehead atoms. The van der Waals surface area contributed by atoms with Gasteiger partial charge in [0.1, 0.15) is 0 Å². The minimum atomic E-state index is 0.867. The third kappa shape index (κ3) is 4.36. The fourth-order valence-corrected chi connectivity index (χ4v) is 2.40. The summed E-state index contributed by atoms with van der Waals surface area (Å²) in [6.45, 7) is 1.10. The van der Waals surface area contributed by atoms with Gasteiger partial charge >= 0.3 is 0 Å². The first-order valence-corrected chi connectivity index (χ1v) is 6.23. The lowest BCUT2D eigenvalue weighted by Crippen LogP contribution is -2.07. The van der Waals surface area contributed by atoms with Gasteiger partial charge in [0.05, 0.1) is 5.02 Å². The summed E-state index contributed by atoms with van der Waals surface area (Å²) < 4.78 is 0. The Labute approximate surface area is 95.2 Å². The molecule has 0 amide bonds. The van der Waals surface area contributed by atoms with Crippen molar-refractivity contribution in [3.63, 3.8) is 0 Å². The van der Waals surface area contributed by atoms with Gasteiger partial charge in [-0.15, -0.1) is 11.8 Å². The minimum absolute atomic E-state index is 0.867. The fourth-order valence-electron chi connectivity index (χ4n) is 1.15. The van der Waals surface area contributed by atoms with E-state index in [2.05, 4.69) is 11.4 Å². The number of unbranched alkanes of at least 4 members (excludes halogenated alkanes) is 1. The van der Waals surface area contributed by atoms with E-state index in [0.29, 0.717) is 0 Å². The average Bonchev–Trinajstić information content (AvgIpc) is 2.20. The molecule has 1 aromatic rings. The van der Waals surface area contributed by atoms with Crippen LogP contribution in [0.15, 0.2) is 29.2 Å². The van der Waals surface area contributed by atoms with E-state index >= 15 is 0 Å². The Morgan fingerprint density at radius 3 is 2.79 bits per heavy atom. The smallest absolute Gasteiger partial charge is 0.0541 e. The predicted octanol–water partition coefficient (Wildman–Crippen LogP) is 3.43. The highest BCUT2D eigenvalue weighted by Gasteiger charge is 1.98. The molecule has 1 rings (SSSR count). The zero-order valence-electron chi connectivity index (χ0n) is 8.42. The highest BCUT2D eigenvalue weighted by Crippen LogP contribution is 2.26. The SMILES string of the molecule is CNCCCCSc1ccccc1Cl. The zero-order valence-corrected chi connectivity index (χ0v) is 10.00. The average molecular weight is 230 g/mol. The second kappa shape index (κ2) is 7.16. The van der Waals surface area contributed by atoms with Crippen molar-refractivity contribution < 1.29 is 0 Å². The normalized spacial score (nSPS) is 10.4. The molecule has 0 aliphatic rings. The summed E-state index contributed by atoms with van der Waals surface area (Å²) in [6.07, 6.45) is 2.46. The van der Waals surface area contributed by atoms with E-state index in [1.807, 2.05) is 37.0 Å². The van der Waals surface area contributed by atoms with Crippen molar-refractivity contribution in [2.24, 2.45) is 0 Å². The molecule has 3 heteroatoms. The third-order valence-corrected chi connectivity index (χ3v) is 3.52. The van der Waals surface area contributed by atoms with Crippen LogP contribution in [-0.2, 0) is 0 Å². The van der Waals surface area contributed by atoms with Crippen LogP contribution >= 0.6 is 23.4 Å². The third-order valence-electron chi connectivity index (χ3n) is 1.92. The standard InChI is InChI=1S/C11H16ClNS/c1-13-8-4-5-9-14-11-7-3-2-6-10(11)12/h2-3,6-7,13H,4-5,8-9H2,1H3. The van der Waals surface area contributed by atoms with E-state index in [-0.39, 0.29) is 0 Å². The molecule has 0 saturated carbocycles. The number of nitrogens with one attached hydrogen (secondary N) is 1. The van der Waals surface area contributed by atoms with Crippen molar-refractivity contribution in [1.82, 2.24) is 5.32 Å². The molecule has 0 aliphatic heterocycles. The lowest BCUT2D eigenvalue weighted by Gasteiger charge is -2.03. The van der Waals surface area contributed by atoms with E-state index in [1.165, 1.54) is 17.7 Å². The van der Waals surface area contributed by atoms with Gasteiger partial charge in [-0.3, -0.25) is 0 Å². The monoisotopic (exact) mass is 229 g/mol. The van der Waals surface area contributed by atoms with E-state index in [4.69, 9.17) is 11.6 Å². The first-order valence-electron chi connectivity index (χ1n) is 4.86. The fraction of sp³-hybridized carbons (Fsp3) is 0.455. The molecule has 1 aromatic carbocycles. The van der Waals surface area contributed by atoms with Crippen LogP contribution < -0.4 is 5.32 Å². The van der Waals surface area contributed by atoms with Crippen molar-refractivity contribution in [2.75, 3.05) is 19.3 Å². The maximum Gasteiger partial charge on any atom is 0.0541 e. The Balaban J connectivity index is 2.21. The van der Waals surface area contributed by atoms with Crippen molar-refractivity contribution in [1.29, 1.82) is 0 Å². The minimum Gasteiger partial charge on any atom is -0.320 e. The van der Waals surface area contributed by atoms with E-state index in [1.54, 1.807) is 0 Å². The molecule has 0 saturated heterocycles. The highest BCUT2D eigenvalue weighted by molar-refractivity contribution is 7.99. The highest BCUT2D eigenvalue weighted by atomic mass is 35.5. The lowest BCUT2D eigenvalue weighted by atomic mass is 10.3. The van der Waals surface area contributed by atoms with Crippen LogP contribution in [0, 0.1) is 0 Å². The lowest BCUT2D eigenvalue weighted by molar-refractivity contribution is 0.715. The van der Waals surface area contributed by atoms with Crippen molar-refractivity contribution in [3.8, 4) is 0 Å².